The monoisotopic (exact) mass is 206 g/mol. The molecule has 1 aliphatic rings. The molecular formula is C15H26. The van der Waals surface area contributed by atoms with Gasteiger partial charge in [-0.3, -0.25) is 0 Å². The maximum Gasteiger partial charge on any atom is -0.0168 e. The van der Waals surface area contributed by atoms with Crippen molar-refractivity contribution in [3.05, 3.63) is 37.0 Å². The van der Waals surface area contributed by atoms with Gasteiger partial charge in [-0.2, -0.15) is 0 Å². The molecule has 1 saturated carbocycles. The fraction of sp³-hybridized carbons (Fsp3) is 0.600. The summed E-state index contributed by atoms with van der Waals surface area (Å²) in [6.07, 6.45) is 11.3. The number of rotatable bonds is 3. The minimum Gasteiger partial charge on any atom is -0.0991 e. The molecule has 86 valence electrons. The standard InChI is InChI=1S/C13H20.C2H6/c1-4-5-6-12(3)13-9-7-11(2)8-10-13;1-2/h4-6,11,13H,1,3,7-10H2,2H3;1-2H3/b6-5-;. The normalized spacial score (nSPS) is 25.5. The van der Waals surface area contributed by atoms with Crippen LogP contribution in [0.4, 0.5) is 0 Å². The van der Waals surface area contributed by atoms with Crippen LogP contribution in [-0.2, 0) is 0 Å². The van der Waals surface area contributed by atoms with Gasteiger partial charge in [0.25, 0.3) is 0 Å². The first-order chi connectivity index (χ1) is 7.24. The third-order valence-electron chi connectivity index (χ3n) is 2.99. The first kappa shape index (κ1) is 14.2. The molecule has 0 atom stereocenters. The third kappa shape index (κ3) is 5.61. The van der Waals surface area contributed by atoms with Gasteiger partial charge in [0.15, 0.2) is 0 Å². The van der Waals surface area contributed by atoms with E-state index in [-0.39, 0.29) is 0 Å². The number of allylic oxidation sites excluding steroid dienone is 4. The smallest absolute Gasteiger partial charge is 0.0168 e. The Hall–Kier alpha value is -0.780. The highest BCUT2D eigenvalue weighted by Crippen LogP contribution is 2.32. The third-order valence-corrected chi connectivity index (χ3v) is 2.99. The van der Waals surface area contributed by atoms with Crippen molar-refractivity contribution in [3.63, 3.8) is 0 Å². The molecule has 0 saturated heterocycles. The van der Waals surface area contributed by atoms with E-state index >= 15 is 0 Å². The highest BCUT2D eigenvalue weighted by molar-refractivity contribution is 5.21. The van der Waals surface area contributed by atoms with Crippen LogP contribution in [0.3, 0.4) is 0 Å². The fourth-order valence-electron chi connectivity index (χ4n) is 1.96. The van der Waals surface area contributed by atoms with Crippen molar-refractivity contribution in [2.75, 3.05) is 0 Å². The molecule has 1 aliphatic carbocycles. The zero-order chi connectivity index (χ0) is 11.7. The molecule has 0 heterocycles. The maximum atomic E-state index is 4.11. The van der Waals surface area contributed by atoms with Crippen LogP contribution < -0.4 is 0 Å². The lowest BCUT2D eigenvalue weighted by molar-refractivity contribution is 0.324. The summed E-state index contributed by atoms with van der Waals surface area (Å²) in [5.74, 6) is 1.65. The van der Waals surface area contributed by atoms with Gasteiger partial charge in [0.1, 0.15) is 0 Å². The van der Waals surface area contributed by atoms with Crippen molar-refractivity contribution in [2.24, 2.45) is 11.8 Å². The summed E-state index contributed by atoms with van der Waals surface area (Å²) in [7, 11) is 0. The predicted molar refractivity (Wildman–Crippen MR) is 70.9 cm³/mol. The van der Waals surface area contributed by atoms with Crippen molar-refractivity contribution in [1.29, 1.82) is 0 Å². The minimum atomic E-state index is 0.729. The Morgan fingerprint density at radius 3 is 2.13 bits per heavy atom. The molecule has 15 heavy (non-hydrogen) atoms. The lowest BCUT2D eigenvalue weighted by Crippen LogP contribution is -2.12. The molecule has 0 amide bonds. The highest BCUT2D eigenvalue weighted by atomic mass is 14.2. The minimum absolute atomic E-state index is 0.729. The van der Waals surface area contributed by atoms with Crippen molar-refractivity contribution in [2.45, 2.75) is 46.5 Å². The molecule has 0 unspecified atom stereocenters. The fourth-order valence-corrected chi connectivity index (χ4v) is 1.96. The van der Waals surface area contributed by atoms with E-state index in [4.69, 9.17) is 0 Å². The molecule has 1 fully saturated rings. The second-order valence-electron chi connectivity index (χ2n) is 4.13. The molecule has 0 heteroatoms. The van der Waals surface area contributed by atoms with Crippen LogP contribution in [0.5, 0.6) is 0 Å². The Balaban J connectivity index is 0.000000921. The van der Waals surface area contributed by atoms with Gasteiger partial charge < -0.3 is 0 Å². The van der Waals surface area contributed by atoms with Gasteiger partial charge in [-0.15, -0.1) is 0 Å². The second kappa shape index (κ2) is 8.52. The van der Waals surface area contributed by atoms with Crippen LogP contribution in [0.2, 0.25) is 0 Å². The first-order valence-electron chi connectivity index (χ1n) is 6.22. The Kier molecular flexibility index (Phi) is 8.08. The summed E-state index contributed by atoms with van der Waals surface area (Å²) in [5, 5.41) is 0. The topological polar surface area (TPSA) is 0 Å². The summed E-state index contributed by atoms with van der Waals surface area (Å²) < 4.78 is 0. The molecule has 0 spiro atoms. The first-order valence-corrected chi connectivity index (χ1v) is 6.22. The maximum absolute atomic E-state index is 4.11. The number of hydrogen-bond acceptors (Lipinski definition) is 0. The van der Waals surface area contributed by atoms with E-state index in [1.165, 1.54) is 31.3 Å². The zero-order valence-electron chi connectivity index (χ0n) is 10.6. The van der Waals surface area contributed by atoms with Crippen molar-refractivity contribution < 1.29 is 0 Å². The van der Waals surface area contributed by atoms with E-state index in [1.807, 2.05) is 26.0 Å². The second-order valence-corrected chi connectivity index (χ2v) is 4.13. The summed E-state index contributed by atoms with van der Waals surface area (Å²) in [6.45, 7) is 14.1. The van der Waals surface area contributed by atoms with Crippen molar-refractivity contribution in [3.8, 4) is 0 Å². The summed E-state index contributed by atoms with van der Waals surface area (Å²) in [6, 6.07) is 0. The van der Waals surface area contributed by atoms with Gasteiger partial charge >= 0.3 is 0 Å². The van der Waals surface area contributed by atoms with E-state index in [0.29, 0.717) is 0 Å². The Labute approximate surface area is 95.8 Å². The average Bonchev–Trinajstić information content (AvgIpc) is 2.29. The Morgan fingerprint density at radius 2 is 1.67 bits per heavy atom. The zero-order valence-corrected chi connectivity index (χ0v) is 10.6. The van der Waals surface area contributed by atoms with Crippen LogP contribution in [-0.4, -0.2) is 0 Å². The van der Waals surface area contributed by atoms with E-state index in [9.17, 15) is 0 Å². The molecule has 0 aromatic carbocycles. The van der Waals surface area contributed by atoms with E-state index in [2.05, 4.69) is 26.2 Å². The lowest BCUT2D eigenvalue weighted by atomic mass is 9.79. The average molecular weight is 206 g/mol. The van der Waals surface area contributed by atoms with E-state index < -0.39 is 0 Å². The SMILES string of the molecule is C=C/C=C\C(=C)C1CCC(C)CC1.CC. The van der Waals surface area contributed by atoms with Gasteiger partial charge in [-0.1, -0.05) is 70.6 Å². The quantitative estimate of drug-likeness (QED) is 0.561. The molecule has 0 nitrogen and oxygen atoms in total. The Morgan fingerprint density at radius 1 is 1.13 bits per heavy atom. The van der Waals surface area contributed by atoms with Crippen LogP contribution in [0, 0.1) is 11.8 Å². The summed E-state index contributed by atoms with van der Waals surface area (Å²) in [4.78, 5) is 0. The van der Waals surface area contributed by atoms with Gasteiger partial charge in [-0.05, 0) is 24.7 Å². The van der Waals surface area contributed by atoms with Gasteiger partial charge in [0.2, 0.25) is 0 Å². The summed E-state index contributed by atoms with van der Waals surface area (Å²) >= 11 is 0. The molecule has 0 aliphatic heterocycles. The summed E-state index contributed by atoms with van der Waals surface area (Å²) in [5.41, 5.74) is 1.28. The van der Waals surface area contributed by atoms with Crippen LogP contribution in [0.25, 0.3) is 0 Å². The van der Waals surface area contributed by atoms with E-state index in [1.54, 1.807) is 0 Å². The van der Waals surface area contributed by atoms with Gasteiger partial charge in [0, 0.05) is 0 Å². The molecule has 0 aromatic rings. The molecule has 0 aromatic heterocycles. The van der Waals surface area contributed by atoms with Crippen molar-refractivity contribution >= 4 is 0 Å². The number of hydrogen-bond donors (Lipinski definition) is 0. The molecule has 0 radical (unpaired) electrons. The molecular weight excluding hydrogens is 180 g/mol. The van der Waals surface area contributed by atoms with Crippen molar-refractivity contribution in [1.82, 2.24) is 0 Å². The molecule has 0 bridgehead atoms. The Bertz CT molecular complexity index is 202. The van der Waals surface area contributed by atoms with Crippen LogP contribution in [0.1, 0.15) is 46.5 Å². The predicted octanol–water partition coefficient (Wildman–Crippen LogP) is 5.14. The largest absolute Gasteiger partial charge is 0.0991 e. The molecule has 1 rings (SSSR count). The molecule has 0 N–H and O–H groups in total. The van der Waals surface area contributed by atoms with Gasteiger partial charge in [0.05, 0.1) is 0 Å². The highest BCUT2D eigenvalue weighted by Gasteiger charge is 2.18. The van der Waals surface area contributed by atoms with Crippen LogP contribution in [0.15, 0.2) is 37.0 Å². The lowest BCUT2D eigenvalue weighted by Gasteiger charge is -2.26. The van der Waals surface area contributed by atoms with E-state index in [0.717, 1.165) is 11.8 Å². The van der Waals surface area contributed by atoms with Crippen LogP contribution >= 0.6 is 0 Å². The van der Waals surface area contributed by atoms with Gasteiger partial charge in [-0.25, -0.2) is 0 Å².